The summed E-state index contributed by atoms with van der Waals surface area (Å²) >= 11 is 0. The second-order valence-corrected chi connectivity index (χ2v) is 7.97. The molecule has 1 aromatic rings. The Kier molecular flexibility index (Phi) is 6.28. The molecule has 1 aromatic carbocycles. The zero-order valence-electron chi connectivity index (χ0n) is 13.7. The normalized spacial score (nSPS) is 13.7. The third-order valence-electron chi connectivity index (χ3n) is 3.10. The number of hydrogen-bond donors (Lipinski definition) is 2. The molecule has 0 spiro atoms. The molecule has 0 fully saturated rings. The monoisotopic (exact) mass is 355 g/mol. The van der Waals surface area contributed by atoms with Gasteiger partial charge in [-0.1, -0.05) is 39.0 Å². The summed E-state index contributed by atoms with van der Waals surface area (Å²) in [5.41, 5.74) is 5.93. The summed E-state index contributed by atoms with van der Waals surface area (Å²) in [6, 6.07) is 5.48. The van der Waals surface area contributed by atoms with Gasteiger partial charge < -0.3 is 15.6 Å². The lowest BCUT2D eigenvalue weighted by atomic mass is 9.86. The van der Waals surface area contributed by atoms with Crippen LogP contribution in [0.25, 0.3) is 0 Å². The Labute approximate surface area is 141 Å². The predicted molar refractivity (Wildman–Crippen MR) is 89.1 cm³/mol. The Bertz CT molecular complexity index is 746. The fraction of sp³-hybridized carbons (Fsp3) is 0.375. The van der Waals surface area contributed by atoms with Crippen molar-refractivity contribution in [2.24, 2.45) is 5.73 Å². The second kappa shape index (κ2) is 7.59. The molecule has 1 rings (SSSR count). The third kappa shape index (κ3) is 5.47. The van der Waals surface area contributed by atoms with Crippen LogP contribution < -0.4 is 10.5 Å². The van der Waals surface area contributed by atoms with Gasteiger partial charge in [-0.3, -0.25) is 9.59 Å². The number of sulfone groups is 1. The van der Waals surface area contributed by atoms with Gasteiger partial charge in [-0.15, -0.1) is 0 Å². The molecule has 0 aliphatic heterocycles. The van der Waals surface area contributed by atoms with E-state index in [1.54, 1.807) is 12.1 Å². The Morgan fingerprint density at radius 2 is 1.88 bits per heavy atom. The van der Waals surface area contributed by atoms with Crippen molar-refractivity contribution in [2.75, 3.05) is 0 Å². The number of carbonyl (C=O) groups excluding carboxylic acids is 1. The highest BCUT2D eigenvalue weighted by Crippen LogP contribution is 2.31. The highest BCUT2D eigenvalue weighted by Gasteiger charge is 2.28. The van der Waals surface area contributed by atoms with Crippen LogP contribution in [0.15, 0.2) is 35.9 Å². The van der Waals surface area contributed by atoms with Crippen LogP contribution in [0.4, 0.5) is 0 Å². The van der Waals surface area contributed by atoms with Crippen LogP contribution >= 0.6 is 0 Å². The van der Waals surface area contributed by atoms with Crippen LogP contribution in [0.3, 0.4) is 0 Å². The number of aliphatic carboxylic acids is 1. The minimum Gasteiger partial charge on any atom is -0.481 e. The molecule has 7 nitrogen and oxygen atoms in total. The van der Waals surface area contributed by atoms with E-state index in [0.717, 1.165) is 11.8 Å². The average molecular weight is 355 g/mol. The van der Waals surface area contributed by atoms with Crippen LogP contribution in [0, 0.1) is 0 Å². The minimum atomic E-state index is -4.36. The fourth-order valence-corrected chi connectivity index (χ4v) is 2.75. The van der Waals surface area contributed by atoms with E-state index in [1.165, 1.54) is 0 Å². The maximum Gasteiger partial charge on any atom is 0.305 e. The Hall–Kier alpha value is -2.19. The van der Waals surface area contributed by atoms with Crippen molar-refractivity contribution < 1.29 is 27.9 Å². The molecule has 0 heterocycles. The average Bonchev–Trinajstić information content (AvgIpc) is 2.45. The molecule has 132 valence electrons. The molecule has 0 aromatic heterocycles. The number of ether oxygens (including phenoxy) is 1. The van der Waals surface area contributed by atoms with Crippen molar-refractivity contribution in [1.29, 1.82) is 0 Å². The van der Waals surface area contributed by atoms with E-state index in [-0.39, 0.29) is 5.41 Å². The van der Waals surface area contributed by atoms with E-state index in [1.807, 2.05) is 32.9 Å². The lowest BCUT2D eigenvalue weighted by molar-refractivity contribution is -0.138. The van der Waals surface area contributed by atoms with Crippen molar-refractivity contribution in [3.8, 4) is 5.75 Å². The number of para-hydroxylation sites is 1. The highest BCUT2D eigenvalue weighted by molar-refractivity contribution is 8.08. The quantitative estimate of drug-likeness (QED) is 0.742. The van der Waals surface area contributed by atoms with Crippen LogP contribution in [0.5, 0.6) is 5.75 Å². The van der Waals surface area contributed by atoms with E-state index < -0.39 is 33.4 Å². The number of benzene rings is 1. The standard InChI is InChI=1S/C16H21NO6S/c1-16(2,3)11-6-4-5-7-13(11)23-8-9-24(21,22)15(20)12(17)10-14(18)19/h4-9,12H,10,17H2,1-3H3,(H,18,19)/t12-/m0/s1. The number of carboxylic acids is 1. The number of carboxylic acid groups (broad SMARTS) is 1. The summed E-state index contributed by atoms with van der Waals surface area (Å²) in [6.07, 6.45) is 0.116. The van der Waals surface area contributed by atoms with E-state index >= 15 is 0 Å². The van der Waals surface area contributed by atoms with Gasteiger partial charge in [0.05, 0.1) is 17.9 Å². The number of rotatable bonds is 6. The topological polar surface area (TPSA) is 124 Å². The van der Waals surface area contributed by atoms with Crippen molar-refractivity contribution in [3.05, 3.63) is 41.5 Å². The fourth-order valence-electron chi connectivity index (χ4n) is 1.91. The summed E-state index contributed by atoms with van der Waals surface area (Å²) in [4.78, 5) is 22.2. The zero-order chi connectivity index (χ0) is 18.5. The van der Waals surface area contributed by atoms with Gasteiger partial charge in [0.25, 0.3) is 5.12 Å². The molecule has 0 bridgehead atoms. The summed E-state index contributed by atoms with van der Waals surface area (Å²) in [5, 5.41) is 7.77. The van der Waals surface area contributed by atoms with E-state index in [2.05, 4.69) is 0 Å². The maximum absolute atomic E-state index is 11.8. The molecule has 0 aliphatic carbocycles. The first-order valence-electron chi connectivity index (χ1n) is 7.14. The van der Waals surface area contributed by atoms with Crippen molar-refractivity contribution >= 4 is 20.9 Å². The maximum atomic E-state index is 11.8. The first kappa shape index (κ1) is 19.9. The number of carbonyl (C=O) groups is 2. The molecule has 3 N–H and O–H groups in total. The Balaban J connectivity index is 2.91. The van der Waals surface area contributed by atoms with Gasteiger partial charge in [-0.05, 0) is 11.5 Å². The van der Waals surface area contributed by atoms with Crippen LogP contribution in [-0.2, 0) is 24.8 Å². The summed E-state index contributed by atoms with van der Waals surface area (Å²) < 4.78 is 29.0. The third-order valence-corrected chi connectivity index (χ3v) is 4.44. The molecule has 0 saturated heterocycles. The molecular weight excluding hydrogens is 334 g/mol. The van der Waals surface area contributed by atoms with Gasteiger partial charge in [0.1, 0.15) is 12.0 Å². The second-order valence-electron chi connectivity index (χ2n) is 6.20. The van der Waals surface area contributed by atoms with Crippen LogP contribution in [0.2, 0.25) is 0 Å². The van der Waals surface area contributed by atoms with Gasteiger partial charge >= 0.3 is 5.97 Å². The van der Waals surface area contributed by atoms with E-state index in [9.17, 15) is 18.0 Å². The van der Waals surface area contributed by atoms with Crippen LogP contribution in [-0.4, -0.2) is 30.7 Å². The summed E-state index contributed by atoms with van der Waals surface area (Å²) in [6.45, 7) is 5.93. The van der Waals surface area contributed by atoms with Gasteiger partial charge in [0.15, 0.2) is 0 Å². The summed E-state index contributed by atoms with van der Waals surface area (Å²) in [5.74, 6) is -0.899. The first-order chi connectivity index (χ1) is 10.9. The molecule has 24 heavy (non-hydrogen) atoms. The molecule has 1 atom stereocenters. The zero-order valence-corrected chi connectivity index (χ0v) is 14.5. The molecule has 0 saturated carbocycles. The van der Waals surface area contributed by atoms with Crippen molar-refractivity contribution in [3.63, 3.8) is 0 Å². The van der Waals surface area contributed by atoms with Gasteiger partial charge in [0.2, 0.25) is 9.84 Å². The Morgan fingerprint density at radius 3 is 2.42 bits per heavy atom. The van der Waals surface area contributed by atoms with Gasteiger partial charge in [-0.25, -0.2) is 8.42 Å². The SMILES string of the molecule is CC(C)(C)c1ccccc1OC=CS(=O)(=O)C(=O)[C@@H](N)CC(=O)O. The highest BCUT2D eigenvalue weighted by atomic mass is 32.2. The smallest absolute Gasteiger partial charge is 0.305 e. The number of nitrogens with two attached hydrogens (primary N) is 1. The molecule has 0 amide bonds. The number of hydrogen-bond acceptors (Lipinski definition) is 6. The molecule has 0 radical (unpaired) electrons. The van der Waals surface area contributed by atoms with Crippen LogP contribution in [0.1, 0.15) is 32.8 Å². The molecule has 0 aliphatic rings. The minimum absolute atomic E-state index is 0.219. The lowest BCUT2D eigenvalue weighted by Gasteiger charge is -2.21. The largest absolute Gasteiger partial charge is 0.481 e. The van der Waals surface area contributed by atoms with E-state index in [4.69, 9.17) is 15.6 Å². The van der Waals surface area contributed by atoms with Crippen molar-refractivity contribution in [1.82, 2.24) is 0 Å². The van der Waals surface area contributed by atoms with Crippen molar-refractivity contribution in [2.45, 2.75) is 38.6 Å². The van der Waals surface area contributed by atoms with Gasteiger partial charge in [-0.2, -0.15) is 0 Å². The lowest BCUT2D eigenvalue weighted by Crippen LogP contribution is -2.37. The first-order valence-corrected chi connectivity index (χ1v) is 8.69. The Morgan fingerprint density at radius 1 is 1.29 bits per heavy atom. The van der Waals surface area contributed by atoms with Gasteiger partial charge in [0, 0.05) is 5.56 Å². The molecule has 8 heteroatoms. The molecule has 0 unspecified atom stereocenters. The summed E-state index contributed by atoms with van der Waals surface area (Å²) in [7, 11) is -4.36. The predicted octanol–water partition coefficient (Wildman–Crippen LogP) is 1.58. The molecular formula is C16H21NO6S. The van der Waals surface area contributed by atoms with E-state index in [0.29, 0.717) is 11.2 Å².